The summed E-state index contributed by atoms with van der Waals surface area (Å²) in [5.74, 6) is -0.535. The number of Topliss-reactive ketones (excluding diaryl/α,β-unsaturated/α-hetero) is 1. The predicted molar refractivity (Wildman–Crippen MR) is 145 cm³/mol. The van der Waals surface area contributed by atoms with Gasteiger partial charge in [0.2, 0.25) is 10.9 Å². The number of benzene rings is 2. The molecular formula is C27H18ClN3O5S2. The second kappa shape index (κ2) is 9.79. The summed E-state index contributed by atoms with van der Waals surface area (Å²) in [5, 5.41) is 21.0. The van der Waals surface area contributed by atoms with Crippen molar-refractivity contribution in [3.05, 3.63) is 106 Å². The molecule has 1 aliphatic rings. The number of hydrogen-bond donors (Lipinski definition) is 1. The maximum atomic E-state index is 13.7. The van der Waals surface area contributed by atoms with Gasteiger partial charge in [-0.15, -0.1) is 10.2 Å². The number of ketones is 1. The Morgan fingerprint density at radius 2 is 1.89 bits per heavy atom. The molecule has 2 aromatic carbocycles. The van der Waals surface area contributed by atoms with Crippen LogP contribution in [0.2, 0.25) is 5.02 Å². The van der Waals surface area contributed by atoms with Crippen LogP contribution in [0.5, 0.6) is 0 Å². The van der Waals surface area contributed by atoms with Gasteiger partial charge < -0.3 is 13.9 Å². The van der Waals surface area contributed by atoms with Crippen LogP contribution in [0.1, 0.15) is 33.7 Å². The minimum Gasteiger partial charge on any atom is -0.503 e. The maximum absolute atomic E-state index is 13.7. The molecule has 0 saturated carbocycles. The van der Waals surface area contributed by atoms with Gasteiger partial charge in [-0.2, -0.15) is 0 Å². The van der Waals surface area contributed by atoms with Crippen molar-refractivity contribution < 1.29 is 23.5 Å². The molecule has 0 bridgehead atoms. The first-order chi connectivity index (χ1) is 18.4. The second-order valence-corrected chi connectivity index (χ2v) is 11.1. The fourth-order valence-corrected chi connectivity index (χ4v) is 6.16. The Labute approximate surface area is 229 Å². The summed E-state index contributed by atoms with van der Waals surface area (Å²) in [5.41, 5.74) is 1.43. The number of aryl methyl sites for hydroxylation is 1. The molecule has 1 aliphatic heterocycles. The molecular weight excluding hydrogens is 546 g/mol. The van der Waals surface area contributed by atoms with Crippen molar-refractivity contribution in [2.45, 2.75) is 23.1 Å². The lowest BCUT2D eigenvalue weighted by Gasteiger charge is -2.21. The summed E-state index contributed by atoms with van der Waals surface area (Å²) in [6.07, 6.45) is 0. The van der Waals surface area contributed by atoms with Crippen LogP contribution in [0.15, 0.2) is 91.2 Å². The third kappa shape index (κ3) is 4.40. The van der Waals surface area contributed by atoms with Crippen LogP contribution in [0, 0.1) is 6.92 Å². The fraction of sp³-hybridized carbons (Fsp3) is 0.111. The highest BCUT2D eigenvalue weighted by atomic mass is 35.5. The quantitative estimate of drug-likeness (QED) is 0.129. The number of fused-ring (bicyclic) bond motifs is 1. The van der Waals surface area contributed by atoms with Crippen LogP contribution >= 0.6 is 34.7 Å². The number of carbonyl (C=O) groups excluding carboxylic acids is 2. The zero-order valence-corrected chi connectivity index (χ0v) is 22.1. The van der Waals surface area contributed by atoms with E-state index in [1.807, 2.05) is 36.4 Å². The molecule has 11 heteroatoms. The zero-order valence-electron chi connectivity index (χ0n) is 19.8. The molecule has 0 spiro atoms. The standard InChI is InChI=1S/C27H18ClN3O5S2/c1-14-6-11-19(35-14)22-21(23(32)20-12-16-4-2-3-5-18(16)36-20)24(33)25(34)31(22)26-29-30-27(38-26)37-13-15-7-9-17(28)10-8-15/h2-12,22,33H,13H2,1H3. The van der Waals surface area contributed by atoms with Crippen molar-refractivity contribution in [1.82, 2.24) is 10.2 Å². The molecule has 1 amide bonds. The van der Waals surface area contributed by atoms with Gasteiger partial charge in [-0.05, 0) is 48.9 Å². The number of anilines is 1. The van der Waals surface area contributed by atoms with Gasteiger partial charge in [-0.1, -0.05) is 65.0 Å². The maximum Gasteiger partial charge on any atom is 0.296 e. The van der Waals surface area contributed by atoms with Crippen molar-refractivity contribution >= 4 is 62.5 Å². The van der Waals surface area contributed by atoms with Gasteiger partial charge in [-0.3, -0.25) is 14.5 Å². The number of nitrogens with zero attached hydrogens (tertiary/aromatic N) is 3. The SMILES string of the molecule is Cc1ccc(C2C(C(=O)c3cc4ccccc4o3)=C(O)C(=O)N2c2nnc(SCc3ccc(Cl)cc3)s2)o1. The van der Waals surface area contributed by atoms with Gasteiger partial charge in [-0.25, -0.2) is 0 Å². The molecule has 1 unspecified atom stereocenters. The molecule has 8 nitrogen and oxygen atoms in total. The van der Waals surface area contributed by atoms with E-state index < -0.39 is 23.5 Å². The number of rotatable bonds is 7. The average Bonchev–Trinajstić information content (AvgIpc) is 3.70. The van der Waals surface area contributed by atoms with Crippen molar-refractivity contribution in [3.63, 3.8) is 0 Å². The van der Waals surface area contributed by atoms with Gasteiger partial charge in [0.25, 0.3) is 5.91 Å². The molecule has 4 heterocycles. The highest BCUT2D eigenvalue weighted by molar-refractivity contribution is 8.00. The van der Waals surface area contributed by atoms with E-state index in [1.54, 1.807) is 37.3 Å². The van der Waals surface area contributed by atoms with Crippen molar-refractivity contribution in [1.29, 1.82) is 0 Å². The Balaban J connectivity index is 1.34. The fourth-order valence-electron chi connectivity index (χ4n) is 4.21. The van der Waals surface area contributed by atoms with E-state index in [1.165, 1.54) is 28.0 Å². The van der Waals surface area contributed by atoms with E-state index in [2.05, 4.69) is 10.2 Å². The van der Waals surface area contributed by atoms with Gasteiger partial charge in [0, 0.05) is 16.2 Å². The lowest BCUT2D eigenvalue weighted by atomic mass is 10.00. The summed E-state index contributed by atoms with van der Waals surface area (Å²) in [6.45, 7) is 1.76. The van der Waals surface area contributed by atoms with Crippen LogP contribution in [0.25, 0.3) is 11.0 Å². The summed E-state index contributed by atoms with van der Waals surface area (Å²) in [7, 11) is 0. The highest BCUT2D eigenvalue weighted by Gasteiger charge is 2.48. The summed E-state index contributed by atoms with van der Waals surface area (Å²) in [6, 6.07) is 18.6. The number of carbonyl (C=O) groups is 2. The highest BCUT2D eigenvalue weighted by Crippen LogP contribution is 2.44. The summed E-state index contributed by atoms with van der Waals surface area (Å²) in [4.78, 5) is 28.2. The largest absolute Gasteiger partial charge is 0.503 e. The molecule has 0 radical (unpaired) electrons. The Kier molecular flexibility index (Phi) is 6.30. The molecule has 0 saturated heterocycles. The zero-order chi connectivity index (χ0) is 26.4. The summed E-state index contributed by atoms with van der Waals surface area (Å²) >= 11 is 8.60. The van der Waals surface area contributed by atoms with Crippen LogP contribution in [0.4, 0.5) is 5.13 Å². The number of hydrogen-bond acceptors (Lipinski definition) is 9. The Morgan fingerprint density at radius 1 is 1.11 bits per heavy atom. The first kappa shape index (κ1) is 24.5. The molecule has 3 aromatic heterocycles. The van der Waals surface area contributed by atoms with E-state index >= 15 is 0 Å². The molecule has 5 aromatic rings. The van der Waals surface area contributed by atoms with Gasteiger partial charge in [0.05, 0.1) is 5.57 Å². The second-order valence-electron chi connectivity index (χ2n) is 8.53. The number of aromatic nitrogens is 2. The van der Waals surface area contributed by atoms with Crippen LogP contribution in [-0.2, 0) is 10.5 Å². The molecule has 0 aliphatic carbocycles. The Hall–Kier alpha value is -3.86. The number of halogens is 1. The van der Waals surface area contributed by atoms with Crippen LogP contribution < -0.4 is 4.90 Å². The number of para-hydroxylation sites is 1. The third-order valence-electron chi connectivity index (χ3n) is 6.01. The monoisotopic (exact) mass is 563 g/mol. The number of thioether (sulfide) groups is 1. The predicted octanol–water partition coefficient (Wildman–Crippen LogP) is 6.91. The Bertz CT molecular complexity index is 1690. The smallest absolute Gasteiger partial charge is 0.296 e. The van der Waals surface area contributed by atoms with Crippen molar-refractivity contribution in [2.24, 2.45) is 0 Å². The number of amides is 1. The minimum absolute atomic E-state index is 0.00662. The number of aliphatic hydroxyl groups is 1. The molecule has 1 N–H and O–H groups in total. The van der Waals surface area contributed by atoms with Gasteiger partial charge >= 0.3 is 0 Å². The Morgan fingerprint density at radius 3 is 2.63 bits per heavy atom. The van der Waals surface area contributed by atoms with Crippen molar-refractivity contribution in [3.8, 4) is 0 Å². The molecule has 38 heavy (non-hydrogen) atoms. The topological polar surface area (TPSA) is 110 Å². The third-order valence-corrected chi connectivity index (χ3v) is 8.39. The summed E-state index contributed by atoms with van der Waals surface area (Å²) < 4.78 is 12.2. The molecule has 190 valence electrons. The van der Waals surface area contributed by atoms with E-state index in [-0.39, 0.29) is 16.5 Å². The lowest BCUT2D eigenvalue weighted by molar-refractivity contribution is -0.117. The van der Waals surface area contributed by atoms with Crippen molar-refractivity contribution in [2.75, 3.05) is 4.90 Å². The average molecular weight is 564 g/mol. The molecule has 6 rings (SSSR count). The lowest BCUT2D eigenvalue weighted by Crippen LogP contribution is -2.30. The minimum atomic E-state index is -1.04. The number of aliphatic hydroxyl groups excluding tert-OH is 1. The van der Waals surface area contributed by atoms with Crippen LogP contribution in [-0.4, -0.2) is 27.0 Å². The normalized spacial score (nSPS) is 15.7. The van der Waals surface area contributed by atoms with E-state index in [9.17, 15) is 14.7 Å². The first-order valence-electron chi connectivity index (χ1n) is 11.5. The van der Waals surface area contributed by atoms with Gasteiger partial charge in [0.1, 0.15) is 23.1 Å². The van der Waals surface area contributed by atoms with Gasteiger partial charge in [0.15, 0.2) is 15.9 Å². The van der Waals surface area contributed by atoms with Crippen LogP contribution in [0.3, 0.4) is 0 Å². The number of furan rings is 2. The van der Waals surface area contributed by atoms with E-state index in [4.69, 9.17) is 20.4 Å². The van der Waals surface area contributed by atoms with E-state index in [0.717, 1.165) is 10.9 Å². The van der Waals surface area contributed by atoms with E-state index in [0.29, 0.717) is 32.2 Å². The first-order valence-corrected chi connectivity index (χ1v) is 13.6. The molecule has 1 atom stereocenters. The molecule has 0 fully saturated rings.